The molecule has 3 heterocycles. The summed E-state index contributed by atoms with van der Waals surface area (Å²) in [6.07, 6.45) is 3.19. The van der Waals surface area contributed by atoms with Gasteiger partial charge in [-0.05, 0) is 49.9 Å². The van der Waals surface area contributed by atoms with Crippen molar-refractivity contribution in [2.75, 3.05) is 13.1 Å². The van der Waals surface area contributed by atoms with Crippen LogP contribution in [0.1, 0.15) is 18.4 Å². The molecule has 0 amide bonds. The fourth-order valence-electron chi connectivity index (χ4n) is 3.35. The summed E-state index contributed by atoms with van der Waals surface area (Å²) in [4.78, 5) is 2.44. The minimum Gasteiger partial charge on any atom is -0.326 e. The second-order valence-corrected chi connectivity index (χ2v) is 5.31. The van der Waals surface area contributed by atoms with Crippen LogP contribution in [-0.2, 0) is 6.42 Å². The van der Waals surface area contributed by atoms with Crippen molar-refractivity contribution in [1.29, 1.82) is 0 Å². The van der Waals surface area contributed by atoms with Gasteiger partial charge < -0.3 is 5.73 Å². The molecule has 0 spiro atoms. The van der Waals surface area contributed by atoms with Gasteiger partial charge in [0.25, 0.3) is 0 Å². The molecule has 3 saturated heterocycles. The van der Waals surface area contributed by atoms with Gasteiger partial charge in [-0.25, -0.2) is 4.39 Å². The van der Waals surface area contributed by atoms with Crippen molar-refractivity contribution in [3.05, 3.63) is 35.6 Å². The van der Waals surface area contributed by atoms with E-state index in [0.717, 1.165) is 25.1 Å². The Balaban J connectivity index is 1.79. The molecular formula is C14H19FN2. The highest BCUT2D eigenvalue weighted by Gasteiger charge is 2.40. The van der Waals surface area contributed by atoms with Crippen molar-refractivity contribution in [3.8, 4) is 0 Å². The fourth-order valence-corrected chi connectivity index (χ4v) is 3.35. The SMILES string of the molecule is NC1C2CCN(CC2)C1Cc1ccccc1F. The Hall–Kier alpha value is -0.930. The number of nitrogens with two attached hydrogens (primary N) is 1. The van der Waals surface area contributed by atoms with E-state index in [1.165, 1.54) is 18.9 Å². The zero-order chi connectivity index (χ0) is 11.8. The van der Waals surface area contributed by atoms with Crippen molar-refractivity contribution in [2.45, 2.75) is 31.3 Å². The highest BCUT2D eigenvalue weighted by Crippen LogP contribution is 2.32. The van der Waals surface area contributed by atoms with Crippen LogP contribution in [0.25, 0.3) is 0 Å². The van der Waals surface area contributed by atoms with Crippen LogP contribution < -0.4 is 5.73 Å². The quantitative estimate of drug-likeness (QED) is 0.845. The molecule has 4 rings (SSSR count). The van der Waals surface area contributed by atoms with E-state index in [1.807, 2.05) is 12.1 Å². The van der Waals surface area contributed by atoms with Crippen LogP contribution in [0.4, 0.5) is 4.39 Å². The van der Waals surface area contributed by atoms with Gasteiger partial charge in [0.05, 0.1) is 0 Å². The first kappa shape index (κ1) is 11.2. The molecule has 17 heavy (non-hydrogen) atoms. The molecule has 0 saturated carbocycles. The van der Waals surface area contributed by atoms with Crippen LogP contribution >= 0.6 is 0 Å². The second-order valence-electron chi connectivity index (χ2n) is 5.31. The second kappa shape index (κ2) is 4.39. The first-order chi connectivity index (χ1) is 8.25. The molecule has 2 bridgehead atoms. The minimum absolute atomic E-state index is 0.0950. The van der Waals surface area contributed by atoms with Gasteiger partial charge >= 0.3 is 0 Å². The van der Waals surface area contributed by atoms with E-state index < -0.39 is 0 Å². The van der Waals surface area contributed by atoms with E-state index in [0.29, 0.717) is 12.0 Å². The van der Waals surface area contributed by atoms with Gasteiger partial charge in [0.1, 0.15) is 5.82 Å². The third kappa shape index (κ3) is 1.98. The first-order valence-corrected chi connectivity index (χ1v) is 6.49. The van der Waals surface area contributed by atoms with Crippen LogP contribution in [0.3, 0.4) is 0 Å². The van der Waals surface area contributed by atoms with Crippen LogP contribution in [-0.4, -0.2) is 30.1 Å². The Bertz CT molecular complexity index is 397. The van der Waals surface area contributed by atoms with Crippen LogP contribution in [0.15, 0.2) is 24.3 Å². The lowest BCUT2D eigenvalue weighted by Crippen LogP contribution is -2.61. The fraction of sp³-hybridized carbons (Fsp3) is 0.571. The summed E-state index contributed by atoms with van der Waals surface area (Å²) < 4.78 is 13.7. The van der Waals surface area contributed by atoms with Crippen molar-refractivity contribution in [3.63, 3.8) is 0 Å². The maximum atomic E-state index is 13.7. The summed E-state index contributed by atoms with van der Waals surface area (Å²) in [6.45, 7) is 2.27. The van der Waals surface area contributed by atoms with Gasteiger partial charge in [0, 0.05) is 12.1 Å². The zero-order valence-corrected chi connectivity index (χ0v) is 9.98. The number of hydrogen-bond donors (Lipinski definition) is 1. The molecule has 3 aliphatic heterocycles. The van der Waals surface area contributed by atoms with Gasteiger partial charge in [-0.2, -0.15) is 0 Å². The summed E-state index contributed by atoms with van der Waals surface area (Å²) in [5.74, 6) is 0.555. The minimum atomic E-state index is -0.0950. The topological polar surface area (TPSA) is 29.3 Å². The number of hydrogen-bond acceptors (Lipinski definition) is 2. The molecule has 3 aliphatic rings. The Morgan fingerprint density at radius 1 is 1.24 bits per heavy atom. The third-order valence-electron chi connectivity index (χ3n) is 4.42. The van der Waals surface area contributed by atoms with Crippen molar-refractivity contribution in [2.24, 2.45) is 11.7 Å². The van der Waals surface area contributed by atoms with Crippen molar-refractivity contribution < 1.29 is 4.39 Å². The molecule has 2 N–H and O–H groups in total. The molecule has 3 fully saturated rings. The Morgan fingerprint density at radius 2 is 1.94 bits per heavy atom. The molecule has 3 heteroatoms. The maximum absolute atomic E-state index is 13.7. The molecule has 0 aromatic heterocycles. The molecule has 1 aromatic carbocycles. The van der Waals surface area contributed by atoms with Crippen molar-refractivity contribution in [1.82, 2.24) is 4.90 Å². The number of benzene rings is 1. The molecule has 2 unspecified atom stereocenters. The van der Waals surface area contributed by atoms with E-state index in [1.54, 1.807) is 6.07 Å². The highest BCUT2D eigenvalue weighted by molar-refractivity contribution is 5.19. The largest absolute Gasteiger partial charge is 0.326 e. The Morgan fingerprint density at radius 3 is 2.59 bits per heavy atom. The van der Waals surface area contributed by atoms with Gasteiger partial charge in [-0.1, -0.05) is 18.2 Å². The molecular weight excluding hydrogens is 215 g/mol. The van der Waals surface area contributed by atoms with Gasteiger partial charge in [0.2, 0.25) is 0 Å². The van der Waals surface area contributed by atoms with E-state index in [9.17, 15) is 4.39 Å². The number of piperidine rings is 3. The lowest BCUT2D eigenvalue weighted by Gasteiger charge is -2.49. The summed E-state index contributed by atoms with van der Waals surface area (Å²) in [5.41, 5.74) is 7.10. The summed E-state index contributed by atoms with van der Waals surface area (Å²) in [6, 6.07) is 7.62. The number of fused-ring (bicyclic) bond motifs is 3. The molecule has 2 atom stereocenters. The molecule has 0 aliphatic carbocycles. The molecule has 1 aromatic rings. The molecule has 0 radical (unpaired) electrons. The van der Waals surface area contributed by atoms with E-state index in [2.05, 4.69) is 4.90 Å². The number of rotatable bonds is 2. The normalized spacial score (nSPS) is 36.1. The van der Waals surface area contributed by atoms with Gasteiger partial charge in [0.15, 0.2) is 0 Å². The van der Waals surface area contributed by atoms with Crippen LogP contribution in [0.2, 0.25) is 0 Å². The zero-order valence-electron chi connectivity index (χ0n) is 9.98. The predicted octanol–water partition coefficient (Wildman–Crippen LogP) is 1.79. The Kier molecular flexibility index (Phi) is 2.89. The highest BCUT2D eigenvalue weighted by atomic mass is 19.1. The average Bonchev–Trinajstić information content (AvgIpc) is 2.36. The summed E-state index contributed by atoms with van der Waals surface area (Å²) >= 11 is 0. The lowest BCUT2D eigenvalue weighted by atomic mass is 9.77. The third-order valence-corrected chi connectivity index (χ3v) is 4.42. The summed E-state index contributed by atoms with van der Waals surface area (Å²) in [7, 11) is 0. The van der Waals surface area contributed by atoms with Crippen molar-refractivity contribution >= 4 is 0 Å². The first-order valence-electron chi connectivity index (χ1n) is 6.49. The van der Waals surface area contributed by atoms with E-state index in [-0.39, 0.29) is 11.9 Å². The van der Waals surface area contributed by atoms with Crippen LogP contribution in [0.5, 0.6) is 0 Å². The van der Waals surface area contributed by atoms with Gasteiger partial charge in [-0.15, -0.1) is 0 Å². The monoisotopic (exact) mass is 234 g/mol. The van der Waals surface area contributed by atoms with E-state index in [4.69, 9.17) is 5.73 Å². The lowest BCUT2D eigenvalue weighted by molar-refractivity contribution is 0.0284. The smallest absolute Gasteiger partial charge is 0.126 e. The van der Waals surface area contributed by atoms with Gasteiger partial charge in [-0.3, -0.25) is 4.90 Å². The maximum Gasteiger partial charge on any atom is 0.126 e. The number of halogens is 1. The standard InChI is InChI=1S/C14H19FN2/c15-12-4-2-1-3-11(12)9-13-14(16)10-5-7-17(13)8-6-10/h1-4,10,13-14H,5-9,16H2. The molecule has 92 valence electrons. The molecule has 2 nitrogen and oxygen atoms in total. The Labute approximate surface area is 102 Å². The van der Waals surface area contributed by atoms with E-state index >= 15 is 0 Å². The number of nitrogens with zero attached hydrogens (tertiary/aromatic N) is 1. The predicted molar refractivity (Wildman–Crippen MR) is 66.2 cm³/mol. The van der Waals surface area contributed by atoms with Crippen LogP contribution in [0, 0.1) is 11.7 Å². The summed E-state index contributed by atoms with van der Waals surface area (Å²) in [5, 5.41) is 0. The average molecular weight is 234 g/mol.